The highest BCUT2D eigenvalue weighted by molar-refractivity contribution is 5.97. The first-order valence-corrected chi connectivity index (χ1v) is 11.2. The van der Waals surface area contributed by atoms with E-state index in [1.165, 1.54) is 11.8 Å². The van der Waals surface area contributed by atoms with Crippen LogP contribution in [0.3, 0.4) is 0 Å². The van der Waals surface area contributed by atoms with Crippen LogP contribution in [0, 0.1) is 32.1 Å². The number of pyridine rings is 1. The lowest BCUT2D eigenvalue weighted by atomic mass is 9.99. The van der Waals surface area contributed by atoms with E-state index in [0.717, 1.165) is 32.9 Å². The van der Waals surface area contributed by atoms with Crippen LogP contribution in [0.15, 0.2) is 60.8 Å². The number of aliphatic hydroxyl groups is 1. The average Bonchev–Trinajstić information content (AvgIpc) is 2.85. The number of rotatable bonds is 7. The molecule has 0 bridgehead atoms. The molecule has 0 spiro atoms. The summed E-state index contributed by atoms with van der Waals surface area (Å²) < 4.78 is 0. The minimum Gasteiger partial charge on any atom is -0.395 e. The Bertz CT molecular complexity index is 1370. The summed E-state index contributed by atoms with van der Waals surface area (Å²) in [6.07, 6.45) is 1.51. The Kier molecular flexibility index (Phi) is 6.90. The van der Waals surface area contributed by atoms with Crippen molar-refractivity contribution in [3.63, 3.8) is 0 Å². The van der Waals surface area contributed by atoms with Gasteiger partial charge in [-0.05, 0) is 84.5 Å². The van der Waals surface area contributed by atoms with Gasteiger partial charge in [0.2, 0.25) is 0 Å². The summed E-state index contributed by atoms with van der Waals surface area (Å²) in [4.78, 5) is 4.51. The molecule has 0 aliphatic rings. The predicted octanol–water partition coefficient (Wildman–Crippen LogP) is 5.31. The monoisotopic (exact) mass is 452 g/mol. The Morgan fingerprint density at radius 2 is 1.74 bits per heavy atom. The summed E-state index contributed by atoms with van der Waals surface area (Å²) in [6, 6.07) is 20.0. The van der Waals surface area contributed by atoms with Crippen LogP contribution < -0.4 is 10.4 Å². The van der Waals surface area contributed by atoms with E-state index in [1.807, 2.05) is 62.4 Å². The number of fused-ring (bicyclic) bond motifs is 1. The number of benzene rings is 3. The minimum absolute atomic E-state index is 0.104. The number of hydrogen-bond donors (Lipinski definition) is 3. The van der Waals surface area contributed by atoms with E-state index < -0.39 is 0 Å². The van der Waals surface area contributed by atoms with E-state index in [9.17, 15) is 10.5 Å². The number of aryl methyl sites for hydroxylation is 2. The molecule has 0 fully saturated rings. The van der Waals surface area contributed by atoms with Crippen molar-refractivity contribution in [3.05, 3.63) is 88.6 Å². The van der Waals surface area contributed by atoms with Gasteiger partial charge in [0.25, 0.3) is 0 Å². The van der Waals surface area contributed by atoms with E-state index in [4.69, 9.17) is 5.11 Å². The fourth-order valence-electron chi connectivity index (χ4n) is 4.11. The summed E-state index contributed by atoms with van der Waals surface area (Å²) in [6.45, 7) is 7.39. The van der Waals surface area contributed by atoms with Gasteiger partial charge in [-0.25, -0.2) is 5.06 Å². The maximum Gasteiger partial charge on any atom is 0.103 e. The van der Waals surface area contributed by atoms with E-state index in [0.29, 0.717) is 40.9 Å². The Balaban J connectivity index is 1.77. The fourth-order valence-corrected chi connectivity index (χ4v) is 4.11. The molecule has 0 radical (unpaired) electrons. The van der Waals surface area contributed by atoms with Gasteiger partial charge in [-0.2, -0.15) is 5.26 Å². The molecule has 172 valence electrons. The molecule has 6 nitrogen and oxygen atoms in total. The first-order valence-electron chi connectivity index (χ1n) is 11.2. The third kappa shape index (κ3) is 4.63. The summed E-state index contributed by atoms with van der Waals surface area (Å²) in [5, 5.41) is 34.9. The van der Waals surface area contributed by atoms with Crippen molar-refractivity contribution in [2.75, 3.05) is 18.2 Å². The van der Waals surface area contributed by atoms with Gasteiger partial charge in [0.05, 0.1) is 29.1 Å². The quantitative estimate of drug-likeness (QED) is 0.260. The maximum atomic E-state index is 11.2. The summed E-state index contributed by atoms with van der Waals surface area (Å²) in [7, 11) is 0. The van der Waals surface area contributed by atoms with Gasteiger partial charge in [-0.15, -0.1) is 0 Å². The predicted molar refractivity (Wildman–Crippen MR) is 135 cm³/mol. The first-order chi connectivity index (χ1) is 16.4. The molecule has 0 amide bonds. The average molecular weight is 453 g/mol. The third-order valence-electron chi connectivity index (χ3n) is 6.21. The van der Waals surface area contributed by atoms with Crippen LogP contribution in [-0.2, 0) is 6.54 Å². The van der Waals surface area contributed by atoms with Crippen molar-refractivity contribution >= 4 is 22.3 Å². The van der Waals surface area contributed by atoms with Gasteiger partial charge < -0.3 is 10.4 Å². The van der Waals surface area contributed by atoms with Gasteiger partial charge in [-0.3, -0.25) is 10.2 Å². The second-order valence-corrected chi connectivity index (χ2v) is 8.48. The lowest BCUT2D eigenvalue weighted by Gasteiger charge is -2.22. The highest BCUT2D eigenvalue weighted by Gasteiger charge is 2.18. The van der Waals surface area contributed by atoms with Crippen molar-refractivity contribution < 1.29 is 10.3 Å². The van der Waals surface area contributed by atoms with Crippen molar-refractivity contribution in [1.29, 1.82) is 5.26 Å². The van der Waals surface area contributed by atoms with Crippen LogP contribution in [0.5, 0.6) is 0 Å². The third-order valence-corrected chi connectivity index (χ3v) is 6.21. The molecule has 0 aliphatic carbocycles. The maximum absolute atomic E-state index is 11.2. The molecule has 0 saturated heterocycles. The number of aliphatic hydroxyl groups excluding tert-OH is 1. The standard InChI is InChI=1S/C28H28N4O2/c1-18-11-25(12-19(2)20(18)3)32(34)28-24(15-29)17-31-27-14-23(7-8-26(27)28)22-6-4-5-21(13-22)16-30-9-10-33/h4-8,11-14,17,30,33-34H,9-10,16H2,1-3H3. The van der Waals surface area contributed by atoms with Crippen molar-refractivity contribution in [2.45, 2.75) is 27.3 Å². The first kappa shape index (κ1) is 23.4. The molecule has 3 aromatic carbocycles. The van der Waals surface area contributed by atoms with Crippen molar-refractivity contribution in [2.24, 2.45) is 0 Å². The number of nitriles is 1. The zero-order valence-corrected chi connectivity index (χ0v) is 19.6. The van der Waals surface area contributed by atoms with E-state index in [1.54, 1.807) is 0 Å². The van der Waals surface area contributed by atoms with Crippen LogP contribution in [0.4, 0.5) is 11.4 Å². The molecule has 3 N–H and O–H groups in total. The zero-order valence-electron chi connectivity index (χ0n) is 19.6. The SMILES string of the molecule is Cc1cc(N(O)c2c(C#N)cnc3cc(-c4cccc(CNCCO)c4)ccc23)cc(C)c1C. The molecule has 0 saturated carbocycles. The van der Waals surface area contributed by atoms with Crippen LogP contribution in [-0.4, -0.2) is 28.4 Å². The van der Waals surface area contributed by atoms with Gasteiger partial charge in [-0.1, -0.05) is 24.3 Å². The molecule has 0 atom stereocenters. The molecular weight excluding hydrogens is 424 g/mol. The van der Waals surface area contributed by atoms with Gasteiger partial charge >= 0.3 is 0 Å². The van der Waals surface area contributed by atoms with E-state index in [-0.39, 0.29) is 6.61 Å². The number of nitrogens with zero attached hydrogens (tertiary/aromatic N) is 3. The molecule has 0 unspecified atom stereocenters. The van der Waals surface area contributed by atoms with Crippen LogP contribution in [0.2, 0.25) is 0 Å². The highest BCUT2D eigenvalue weighted by Crippen LogP contribution is 2.36. The minimum atomic E-state index is 0.104. The zero-order chi connectivity index (χ0) is 24.2. The number of nitrogens with one attached hydrogen (secondary N) is 1. The highest BCUT2D eigenvalue weighted by atomic mass is 16.5. The molecule has 1 heterocycles. The molecule has 0 aliphatic heterocycles. The van der Waals surface area contributed by atoms with Gasteiger partial charge in [0, 0.05) is 24.7 Å². The van der Waals surface area contributed by atoms with Crippen molar-refractivity contribution in [3.8, 4) is 17.2 Å². The number of aromatic nitrogens is 1. The largest absolute Gasteiger partial charge is 0.395 e. The van der Waals surface area contributed by atoms with E-state index in [2.05, 4.69) is 29.4 Å². The van der Waals surface area contributed by atoms with Gasteiger partial charge in [0.15, 0.2) is 0 Å². The Morgan fingerprint density at radius 1 is 1.00 bits per heavy atom. The van der Waals surface area contributed by atoms with Gasteiger partial charge in [0.1, 0.15) is 6.07 Å². The number of anilines is 2. The normalized spacial score (nSPS) is 10.9. The molecule has 6 heteroatoms. The second-order valence-electron chi connectivity index (χ2n) is 8.48. The Labute approximate surface area is 199 Å². The van der Waals surface area contributed by atoms with Crippen LogP contribution >= 0.6 is 0 Å². The molecule has 4 aromatic rings. The lowest BCUT2D eigenvalue weighted by molar-refractivity contribution is 0.292. The second kappa shape index (κ2) is 10.0. The fraction of sp³-hybridized carbons (Fsp3) is 0.214. The lowest BCUT2D eigenvalue weighted by Crippen LogP contribution is -2.17. The summed E-state index contributed by atoms with van der Waals surface area (Å²) in [5.41, 5.74) is 8.49. The topological polar surface area (TPSA) is 92.4 Å². The van der Waals surface area contributed by atoms with Crippen LogP contribution in [0.25, 0.3) is 22.0 Å². The summed E-state index contributed by atoms with van der Waals surface area (Å²) >= 11 is 0. The Hall–Kier alpha value is -3.76. The Morgan fingerprint density at radius 3 is 2.44 bits per heavy atom. The smallest absolute Gasteiger partial charge is 0.103 e. The molecular formula is C28H28N4O2. The van der Waals surface area contributed by atoms with Crippen molar-refractivity contribution in [1.82, 2.24) is 10.3 Å². The molecule has 1 aromatic heterocycles. The summed E-state index contributed by atoms with van der Waals surface area (Å²) in [5.74, 6) is 0. The molecule has 4 rings (SSSR count). The number of hydrogen-bond acceptors (Lipinski definition) is 6. The van der Waals surface area contributed by atoms with E-state index >= 15 is 0 Å². The van der Waals surface area contributed by atoms with Crippen LogP contribution in [0.1, 0.15) is 27.8 Å². The molecule has 34 heavy (non-hydrogen) atoms.